The maximum atomic E-state index is 9.15. The predicted octanol–water partition coefficient (Wildman–Crippen LogP) is 5.92. The Hall–Kier alpha value is -0.810. The molecular weight excluding hydrogens is 328 g/mol. The molecule has 26 heavy (non-hydrogen) atoms. The van der Waals surface area contributed by atoms with Crippen molar-refractivity contribution in [1.29, 1.82) is 0 Å². The van der Waals surface area contributed by atoms with Crippen LogP contribution >= 0.6 is 0 Å². The number of quaternary nitrogens is 1. The van der Waals surface area contributed by atoms with Crippen LogP contribution in [0.25, 0.3) is 0 Å². The third-order valence-electron chi connectivity index (χ3n) is 4.12. The van der Waals surface area contributed by atoms with Crippen molar-refractivity contribution in [3.05, 3.63) is 0 Å². The first-order valence-electron chi connectivity index (χ1n) is 10.7. The third kappa shape index (κ3) is 25.4. The maximum Gasteiger partial charge on any atom is 0.505 e. The number of nitrogens with zero attached hydrogens (tertiary/aromatic N) is 1. The molecule has 0 bridgehead atoms. The van der Waals surface area contributed by atoms with Crippen molar-refractivity contribution >= 4 is 6.16 Å². The second-order valence-corrected chi connectivity index (χ2v) is 6.12. The van der Waals surface area contributed by atoms with Crippen molar-refractivity contribution < 1.29 is 19.1 Å². The molecule has 0 unspecified atom stereocenters. The molecule has 0 rings (SSSR count). The lowest BCUT2D eigenvalue weighted by Gasteiger charge is -2.39. The van der Waals surface area contributed by atoms with Gasteiger partial charge in [-0.25, -0.2) is 4.79 Å². The van der Waals surface area contributed by atoms with E-state index in [1.165, 1.54) is 89.1 Å². The Labute approximate surface area is 164 Å². The van der Waals surface area contributed by atoms with Gasteiger partial charge in [-0.1, -0.05) is 67.2 Å². The summed E-state index contributed by atoms with van der Waals surface area (Å²) >= 11 is 0. The van der Waals surface area contributed by atoms with Crippen LogP contribution in [0, 0.1) is 0 Å². The monoisotopic (exact) mass is 379 g/mol. The van der Waals surface area contributed by atoms with Gasteiger partial charge in [0, 0.05) is 0 Å². The Bertz CT molecular complexity index is 212. The molecule has 5 heteroatoms. The second-order valence-electron chi connectivity index (χ2n) is 6.12. The fourth-order valence-electron chi connectivity index (χ4n) is 2.64. The lowest BCUT2D eigenvalue weighted by atomic mass is 10.1. The first-order chi connectivity index (χ1) is 12.5. The SMILES string of the molecule is CC.CCCC[N+](CCCC)(CCCC)CCCC.CN.COC(=O)O. The van der Waals surface area contributed by atoms with Crippen LogP contribution in [0.4, 0.5) is 4.79 Å². The minimum Gasteiger partial charge on any atom is -0.450 e. The Morgan fingerprint density at radius 2 is 0.962 bits per heavy atom. The van der Waals surface area contributed by atoms with Crippen LogP contribution in [0.5, 0.6) is 0 Å². The molecule has 0 saturated carbocycles. The van der Waals surface area contributed by atoms with Gasteiger partial charge in [0.25, 0.3) is 0 Å². The summed E-state index contributed by atoms with van der Waals surface area (Å²) in [5.74, 6) is 0. The van der Waals surface area contributed by atoms with Gasteiger partial charge in [-0.3, -0.25) is 0 Å². The molecule has 0 heterocycles. The van der Waals surface area contributed by atoms with Crippen molar-refractivity contribution in [2.45, 2.75) is 92.9 Å². The van der Waals surface area contributed by atoms with Gasteiger partial charge in [-0.15, -0.1) is 0 Å². The zero-order valence-electron chi connectivity index (χ0n) is 19.3. The van der Waals surface area contributed by atoms with Crippen LogP contribution in [0.2, 0.25) is 0 Å². The number of carboxylic acid groups (broad SMARTS) is 1. The standard InChI is InChI=1S/C16H36N.C2H4O3.C2H6.CH5N/c1-5-9-13-17(14-10-6-2,15-11-7-3)16-12-8-4;1-5-2(3)4;2*1-2/h5-16H2,1-4H3;1H3,(H,3,4);1-2H3;2H2,1H3/q+1;;;. The molecule has 3 N–H and O–H groups in total. The van der Waals surface area contributed by atoms with E-state index < -0.39 is 6.16 Å². The summed E-state index contributed by atoms with van der Waals surface area (Å²) in [6, 6.07) is 0. The highest BCUT2D eigenvalue weighted by molar-refractivity contribution is 5.56. The van der Waals surface area contributed by atoms with E-state index in [4.69, 9.17) is 9.90 Å². The van der Waals surface area contributed by atoms with E-state index in [2.05, 4.69) is 38.2 Å². The Morgan fingerprint density at radius 3 is 1.08 bits per heavy atom. The number of carbonyl (C=O) groups is 1. The van der Waals surface area contributed by atoms with Crippen LogP contribution in [-0.2, 0) is 4.74 Å². The molecule has 0 saturated heterocycles. The summed E-state index contributed by atoms with van der Waals surface area (Å²) in [5.41, 5.74) is 4.50. The lowest BCUT2D eigenvalue weighted by molar-refractivity contribution is -0.929. The number of hydrogen-bond acceptors (Lipinski definition) is 3. The van der Waals surface area contributed by atoms with E-state index in [1.807, 2.05) is 13.8 Å². The van der Waals surface area contributed by atoms with Crippen molar-refractivity contribution in [1.82, 2.24) is 0 Å². The zero-order valence-corrected chi connectivity index (χ0v) is 19.3. The number of methoxy groups -OCH3 is 1. The van der Waals surface area contributed by atoms with Crippen LogP contribution in [0.1, 0.15) is 92.9 Å². The highest BCUT2D eigenvalue weighted by Crippen LogP contribution is 2.16. The van der Waals surface area contributed by atoms with Crippen LogP contribution in [0.15, 0.2) is 0 Å². The van der Waals surface area contributed by atoms with E-state index in [1.54, 1.807) is 0 Å². The lowest BCUT2D eigenvalue weighted by Crippen LogP contribution is -2.50. The Morgan fingerprint density at radius 1 is 0.769 bits per heavy atom. The van der Waals surface area contributed by atoms with Gasteiger partial charge in [0.15, 0.2) is 0 Å². The van der Waals surface area contributed by atoms with E-state index >= 15 is 0 Å². The molecule has 0 aromatic heterocycles. The highest BCUT2D eigenvalue weighted by Gasteiger charge is 2.24. The van der Waals surface area contributed by atoms with Gasteiger partial charge < -0.3 is 20.1 Å². The molecule has 0 spiro atoms. The molecular formula is C21H51N2O3+. The molecule has 5 nitrogen and oxygen atoms in total. The number of nitrogens with two attached hydrogens (primary N) is 1. The minimum atomic E-state index is -1.25. The molecule has 162 valence electrons. The van der Waals surface area contributed by atoms with Crippen molar-refractivity contribution in [3.8, 4) is 0 Å². The van der Waals surface area contributed by atoms with Crippen LogP contribution in [0.3, 0.4) is 0 Å². The summed E-state index contributed by atoms with van der Waals surface area (Å²) in [4.78, 5) is 9.15. The summed E-state index contributed by atoms with van der Waals surface area (Å²) in [7, 11) is 2.60. The molecule has 0 aromatic rings. The van der Waals surface area contributed by atoms with Gasteiger partial charge in [-0.2, -0.15) is 0 Å². The average Bonchev–Trinajstić information content (AvgIpc) is 2.70. The molecule has 0 aromatic carbocycles. The van der Waals surface area contributed by atoms with Crippen LogP contribution in [-0.4, -0.2) is 56.1 Å². The van der Waals surface area contributed by atoms with Crippen LogP contribution < -0.4 is 5.73 Å². The molecule has 0 amide bonds. The summed E-state index contributed by atoms with van der Waals surface area (Å²) in [6.07, 6.45) is 9.82. The van der Waals surface area contributed by atoms with E-state index in [0.29, 0.717) is 0 Å². The van der Waals surface area contributed by atoms with Gasteiger partial charge in [0.2, 0.25) is 0 Å². The molecule has 0 aliphatic carbocycles. The van der Waals surface area contributed by atoms with Crippen molar-refractivity contribution in [3.63, 3.8) is 0 Å². The first kappa shape index (κ1) is 32.8. The predicted molar refractivity (Wildman–Crippen MR) is 116 cm³/mol. The molecule has 0 fully saturated rings. The van der Waals surface area contributed by atoms with Gasteiger partial charge in [0.1, 0.15) is 0 Å². The van der Waals surface area contributed by atoms with E-state index in [9.17, 15) is 0 Å². The summed E-state index contributed by atoms with van der Waals surface area (Å²) < 4.78 is 5.09. The van der Waals surface area contributed by atoms with E-state index in [-0.39, 0.29) is 0 Å². The fourth-order valence-corrected chi connectivity index (χ4v) is 2.64. The first-order valence-corrected chi connectivity index (χ1v) is 10.7. The molecule has 0 aliphatic rings. The Balaban J connectivity index is -0.000000226. The highest BCUT2D eigenvalue weighted by atomic mass is 16.6. The molecule has 0 radical (unpaired) electrons. The number of rotatable bonds is 12. The van der Waals surface area contributed by atoms with Crippen molar-refractivity contribution in [2.24, 2.45) is 5.73 Å². The largest absolute Gasteiger partial charge is 0.505 e. The maximum absolute atomic E-state index is 9.15. The zero-order chi connectivity index (χ0) is 21.3. The number of unbranched alkanes of at least 4 members (excludes halogenated alkanes) is 4. The van der Waals surface area contributed by atoms with Gasteiger partial charge >= 0.3 is 6.16 Å². The second kappa shape index (κ2) is 29.0. The normalized spacial score (nSPS) is 9.58. The fraction of sp³-hybridized carbons (Fsp3) is 0.952. The quantitative estimate of drug-likeness (QED) is 0.326. The smallest absolute Gasteiger partial charge is 0.450 e. The van der Waals surface area contributed by atoms with Gasteiger partial charge in [0.05, 0.1) is 33.3 Å². The average molecular weight is 380 g/mol. The van der Waals surface area contributed by atoms with Crippen molar-refractivity contribution in [2.75, 3.05) is 40.3 Å². The summed E-state index contributed by atoms with van der Waals surface area (Å²) in [5, 5.41) is 7.50. The number of ether oxygens (including phenoxy) is 1. The third-order valence-corrected chi connectivity index (χ3v) is 4.12. The Kier molecular flexibility index (Phi) is 36.6. The summed E-state index contributed by atoms with van der Waals surface area (Å²) in [6.45, 7) is 19.0. The minimum absolute atomic E-state index is 1.10. The number of hydrogen-bond donors (Lipinski definition) is 2. The topological polar surface area (TPSA) is 72.5 Å². The molecule has 0 aliphatic heterocycles. The molecule has 0 atom stereocenters. The van der Waals surface area contributed by atoms with E-state index in [0.717, 1.165) is 7.11 Å². The van der Waals surface area contributed by atoms with Gasteiger partial charge in [-0.05, 0) is 32.7 Å².